The molecule has 1 atom stereocenters. The predicted octanol–water partition coefficient (Wildman–Crippen LogP) is 4.17. The summed E-state index contributed by atoms with van der Waals surface area (Å²) in [6, 6.07) is 6.62. The minimum atomic E-state index is -0.407. The Labute approximate surface area is 109 Å². The van der Waals surface area contributed by atoms with Crippen LogP contribution in [0.5, 0.6) is 0 Å². The number of hydrogen-bond donors (Lipinski definition) is 1. The van der Waals surface area contributed by atoms with Crippen LogP contribution < -0.4 is 5.73 Å². The molecule has 0 aliphatic carbocycles. The van der Waals surface area contributed by atoms with Crippen molar-refractivity contribution in [2.75, 3.05) is 0 Å². The highest BCUT2D eigenvalue weighted by Crippen LogP contribution is 2.27. The first-order valence-electron chi connectivity index (χ1n) is 5.39. The number of nitrogens with two attached hydrogens (primary N) is 1. The fourth-order valence-electron chi connectivity index (χ4n) is 1.72. The van der Waals surface area contributed by atoms with Crippen molar-refractivity contribution in [1.29, 1.82) is 0 Å². The molecule has 0 bridgehead atoms. The molecule has 2 aromatic rings. The summed E-state index contributed by atoms with van der Waals surface area (Å²) >= 11 is 7.56. The van der Waals surface area contributed by atoms with Crippen LogP contribution in [0.2, 0.25) is 5.02 Å². The van der Waals surface area contributed by atoms with Crippen molar-refractivity contribution in [3.05, 3.63) is 57.0 Å². The summed E-state index contributed by atoms with van der Waals surface area (Å²) in [7, 11) is 0. The molecule has 0 fully saturated rings. The zero-order valence-electron chi connectivity index (χ0n) is 9.20. The van der Waals surface area contributed by atoms with Crippen LogP contribution >= 0.6 is 22.9 Å². The molecule has 0 spiro atoms. The van der Waals surface area contributed by atoms with Crippen molar-refractivity contribution < 1.29 is 4.39 Å². The maximum Gasteiger partial charge on any atom is 0.142 e. The van der Waals surface area contributed by atoms with E-state index in [1.165, 1.54) is 11.6 Å². The van der Waals surface area contributed by atoms with Crippen LogP contribution in [-0.4, -0.2) is 0 Å². The van der Waals surface area contributed by atoms with Gasteiger partial charge < -0.3 is 5.73 Å². The molecule has 90 valence electrons. The molecule has 0 saturated heterocycles. The van der Waals surface area contributed by atoms with E-state index in [2.05, 4.69) is 11.4 Å². The summed E-state index contributed by atoms with van der Waals surface area (Å²) in [5.41, 5.74) is 7.98. The Bertz CT molecular complexity index is 484. The standard InChI is InChI=1S/C13H13ClFNS/c14-13-10(2-1-3-11(13)15)12(16)5-4-9-6-7-17-8-9/h1-3,6-8,12H,4-5,16H2. The van der Waals surface area contributed by atoms with Crippen molar-refractivity contribution in [2.45, 2.75) is 18.9 Å². The topological polar surface area (TPSA) is 26.0 Å². The lowest BCUT2D eigenvalue weighted by molar-refractivity contribution is 0.610. The molecule has 1 nitrogen and oxygen atoms in total. The van der Waals surface area contributed by atoms with Crippen molar-refractivity contribution in [2.24, 2.45) is 5.73 Å². The Balaban J connectivity index is 2.04. The first-order chi connectivity index (χ1) is 8.18. The average Bonchev–Trinajstić information content (AvgIpc) is 2.82. The van der Waals surface area contributed by atoms with Crippen molar-refractivity contribution in [1.82, 2.24) is 0 Å². The molecule has 2 rings (SSSR count). The van der Waals surface area contributed by atoms with Crippen molar-refractivity contribution >= 4 is 22.9 Å². The van der Waals surface area contributed by atoms with Gasteiger partial charge in [-0.15, -0.1) is 0 Å². The van der Waals surface area contributed by atoms with E-state index in [1.54, 1.807) is 23.5 Å². The van der Waals surface area contributed by atoms with Crippen LogP contribution in [0.15, 0.2) is 35.0 Å². The number of thiophene rings is 1. The normalized spacial score (nSPS) is 12.6. The fourth-order valence-corrected chi connectivity index (χ4v) is 2.69. The average molecular weight is 270 g/mol. The minimum Gasteiger partial charge on any atom is -0.324 e. The van der Waals surface area contributed by atoms with Gasteiger partial charge in [0.25, 0.3) is 0 Å². The fraction of sp³-hybridized carbons (Fsp3) is 0.231. The summed E-state index contributed by atoms with van der Waals surface area (Å²) in [6.07, 6.45) is 1.65. The van der Waals surface area contributed by atoms with Gasteiger partial charge in [-0.1, -0.05) is 23.7 Å². The van der Waals surface area contributed by atoms with Gasteiger partial charge in [0.15, 0.2) is 0 Å². The van der Waals surface area contributed by atoms with E-state index in [9.17, 15) is 4.39 Å². The largest absolute Gasteiger partial charge is 0.324 e. The highest BCUT2D eigenvalue weighted by molar-refractivity contribution is 7.07. The minimum absolute atomic E-state index is 0.144. The van der Waals surface area contributed by atoms with E-state index in [-0.39, 0.29) is 11.1 Å². The summed E-state index contributed by atoms with van der Waals surface area (Å²) in [4.78, 5) is 0. The van der Waals surface area contributed by atoms with Crippen molar-refractivity contribution in [3.8, 4) is 0 Å². The number of halogens is 2. The number of benzene rings is 1. The van der Waals surface area contributed by atoms with E-state index in [0.717, 1.165) is 12.8 Å². The number of hydrogen-bond acceptors (Lipinski definition) is 2. The van der Waals surface area contributed by atoms with E-state index in [4.69, 9.17) is 17.3 Å². The highest BCUT2D eigenvalue weighted by Gasteiger charge is 2.13. The van der Waals surface area contributed by atoms with E-state index >= 15 is 0 Å². The lowest BCUT2D eigenvalue weighted by Crippen LogP contribution is -2.12. The van der Waals surface area contributed by atoms with Gasteiger partial charge >= 0.3 is 0 Å². The van der Waals surface area contributed by atoms with Gasteiger partial charge in [-0.05, 0) is 46.9 Å². The molecule has 1 unspecified atom stereocenters. The quantitative estimate of drug-likeness (QED) is 0.886. The van der Waals surface area contributed by atoms with Crippen LogP contribution in [0, 0.1) is 5.82 Å². The summed E-state index contributed by atoms with van der Waals surface area (Å²) in [5.74, 6) is -0.407. The second kappa shape index (κ2) is 5.63. The van der Waals surface area contributed by atoms with Gasteiger partial charge in [-0.2, -0.15) is 11.3 Å². The van der Waals surface area contributed by atoms with Gasteiger partial charge in [0, 0.05) is 6.04 Å². The molecule has 0 saturated carbocycles. The molecule has 1 aromatic heterocycles. The van der Waals surface area contributed by atoms with Crippen molar-refractivity contribution in [3.63, 3.8) is 0 Å². The zero-order chi connectivity index (χ0) is 12.3. The summed E-state index contributed by atoms with van der Waals surface area (Å²) in [6.45, 7) is 0. The molecule has 1 heterocycles. The maximum atomic E-state index is 13.3. The zero-order valence-corrected chi connectivity index (χ0v) is 10.8. The second-order valence-electron chi connectivity index (χ2n) is 3.92. The SMILES string of the molecule is NC(CCc1ccsc1)c1cccc(F)c1Cl. The third-order valence-electron chi connectivity index (χ3n) is 2.71. The number of aryl methyl sites for hydroxylation is 1. The lowest BCUT2D eigenvalue weighted by atomic mass is 10.0. The molecule has 0 aliphatic heterocycles. The Kier molecular flexibility index (Phi) is 4.15. The molecule has 0 radical (unpaired) electrons. The smallest absolute Gasteiger partial charge is 0.142 e. The highest BCUT2D eigenvalue weighted by atomic mass is 35.5. The predicted molar refractivity (Wildman–Crippen MR) is 71.0 cm³/mol. The van der Waals surface area contributed by atoms with E-state index in [1.807, 2.05) is 5.38 Å². The second-order valence-corrected chi connectivity index (χ2v) is 5.08. The molecule has 17 heavy (non-hydrogen) atoms. The molecule has 4 heteroatoms. The Morgan fingerprint density at radius 2 is 2.18 bits per heavy atom. The molecule has 1 aromatic carbocycles. The van der Waals surface area contributed by atoms with Crippen LogP contribution in [0.3, 0.4) is 0 Å². The Hall–Kier alpha value is -0.900. The van der Waals surface area contributed by atoms with E-state index in [0.29, 0.717) is 5.56 Å². The lowest BCUT2D eigenvalue weighted by Gasteiger charge is -2.13. The molecular weight excluding hydrogens is 257 g/mol. The van der Waals surface area contributed by atoms with Crippen LogP contribution in [0.25, 0.3) is 0 Å². The molecule has 2 N–H and O–H groups in total. The summed E-state index contributed by atoms with van der Waals surface area (Å²) < 4.78 is 13.3. The first-order valence-corrected chi connectivity index (χ1v) is 6.71. The van der Waals surface area contributed by atoms with Gasteiger partial charge in [0.1, 0.15) is 5.82 Å². The van der Waals surface area contributed by atoms with Gasteiger partial charge in [0.2, 0.25) is 0 Å². The Morgan fingerprint density at radius 1 is 1.35 bits per heavy atom. The number of rotatable bonds is 4. The molecular formula is C13H13ClFNS. The summed E-state index contributed by atoms with van der Waals surface area (Å²) in [5, 5.41) is 4.28. The monoisotopic (exact) mass is 269 g/mol. The van der Waals surface area contributed by atoms with Crippen LogP contribution in [0.1, 0.15) is 23.6 Å². The van der Waals surface area contributed by atoms with Crippen LogP contribution in [-0.2, 0) is 6.42 Å². The van der Waals surface area contributed by atoms with Crippen LogP contribution in [0.4, 0.5) is 4.39 Å². The van der Waals surface area contributed by atoms with Gasteiger partial charge in [-0.25, -0.2) is 4.39 Å². The van der Waals surface area contributed by atoms with E-state index < -0.39 is 5.82 Å². The van der Waals surface area contributed by atoms with Gasteiger partial charge in [-0.3, -0.25) is 0 Å². The third-order valence-corrected chi connectivity index (χ3v) is 3.84. The molecule has 0 aliphatic rings. The van der Waals surface area contributed by atoms with Gasteiger partial charge in [0.05, 0.1) is 5.02 Å². The molecule has 0 amide bonds. The third kappa shape index (κ3) is 3.06. The first kappa shape index (κ1) is 12.6. The Morgan fingerprint density at radius 3 is 2.88 bits per heavy atom. The maximum absolute atomic E-state index is 13.3.